The lowest BCUT2D eigenvalue weighted by atomic mass is 10.1. The Bertz CT molecular complexity index is 1230. The molecule has 8 nitrogen and oxygen atoms in total. The van der Waals surface area contributed by atoms with Crippen LogP contribution in [-0.4, -0.2) is 45.5 Å². The summed E-state index contributed by atoms with van der Waals surface area (Å²) in [6.45, 7) is 0.134. The lowest BCUT2D eigenvalue weighted by Crippen LogP contribution is -2.41. The zero-order valence-electron chi connectivity index (χ0n) is 17.1. The van der Waals surface area contributed by atoms with Gasteiger partial charge in [0.2, 0.25) is 10.0 Å². The van der Waals surface area contributed by atoms with Crippen molar-refractivity contribution in [1.29, 1.82) is 0 Å². The number of rotatable bonds is 5. The summed E-state index contributed by atoms with van der Waals surface area (Å²) in [5, 5.41) is 3.32. The fourth-order valence-electron chi connectivity index (χ4n) is 3.18. The molecule has 0 radical (unpaired) electrons. The molecule has 4 rings (SSSR count). The Hall–Kier alpha value is -3.14. The van der Waals surface area contributed by atoms with E-state index in [9.17, 15) is 13.2 Å². The number of carbonyl (C=O) groups excluding carboxylic acids is 1. The molecule has 3 aromatic rings. The molecule has 1 aliphatic rings. The van der Waals surface area contributed by atoms with Crippen LogP contribution in [0.5, 0.6) is 5.75 Å². The van der Waals surface area contributed by atoms with E-state index in [0.29, 0.717) is 39.0 Å². The fraction of sp³-hybridized carbons (Fsp3) is 0.182. The number of hydrogen-bond donors (Lipinski definition) is 1. The number of sulfonamides is 1. The van der Waals surface area contributed by atoms with Gasteiger partial charge in [-0.1, -0.05) is 11.6 Å². The van der Waals surface area contributed by atoms with Crippen molar-refractivity contribution in [3.8, 4) is 17.0 Å². The van der Waals surface area contributed by atoms with Crippen molar-refractivity contribution < 1.29 is 22.7 Å². The van der Waals surface area contributed by atoms with Crippen molar-refractivity contribution in [2.45, 2.75) is 0 Å². The van der Waals surface area contributed by atoms with Gasteiger partial charge in [0.15, 0.2) is 0 Å². The Kier molecular flexibility index (Phi) is 6.31. The number of benzene rings is 2. The number of anilines is 2. The highest BCUT2D eigenvalue weighted by molar-refractivity contribution is 7.92. The molecule has 1 saturated heterocycles. The minimum absolute atomic E-state index is 0.0408. The van der Waals surface area contributed by atoms with Crippen molar-refractivity contribution in [3.63, 3.8) is 0 Å². The third-order valence-corrected chi connectivity index (χ3v) is 6.92. The lowest BCUT2D eigenvalue weighted by molar-refractivity contribution is 0.102. The molecule has 1 aliphatic heterocycles. The summed E-state index contributed by atoms with van der Waals surface area (Å²) in [7, 11) is -1.86. The first-order valence-corrected chi connectivity index (χ1v) is 11.7. The zero-order valence-corrected chi connectivity index (χ0v) is 18.7. The second kappa shape index (κ2) is 9.15. The van der Waals surface area contributed by atoms with E-state index in [4.69, 9.17) is 21.1 Å². The summed E-state index contributed by atoms with van der Waals surface area (Å²) in [6.07, 6.45) is 1.59. The molecule has 2 heterocycles. The highest BCUT2D eigenvalue weighted by atomic mass is 35.5. The molecule has 0 spiro atoms. The number of pyridine rings is 1. The first kappa shape index (κ1) is 22.1. The quantitative estimate of drug-likeness (QED) is 0.605. The Morgan fingerprint density at radius 3 is 2.59 bits per heavy atom. The molecule has 0 aliphatic carbocycles. The standard InChI is InChI=1S/C22H20ClN3O5S/c1-30-18-7-9-21(24-13-18)19-12-16(4-8-20(19)23)25-22(27)15-2-5-17(6-3-15)26-14-31-10-11-32(26,28)29/h2-9,12-13H,10-11,14H2,1H3,(H,25,27). The number of nitrogens with one attached hydrogen (secondary N) is 1. The predicted molar refractivity (Wildman–Crippen MR) is 123 cm³/mol. The van der Waals surface area contributed by atoms with Gasteiger partial charge in [0, 0.05) is 16.8 Å². The third kappa shape index (κ3) is 4.69. The topological polar surface area (TPSA) is 97.8 Å². The van der Waals surface area contributed by atoms with Crippen LogP contribution in [0.3, 0.4) is 0 Å². The number of halogens is 1. The van der Waals surface area contributed by atoms with Gasteiger partial charge in [-0.25, -0.2) is 12.7 Å². The van der Waals surface area contributed by atoms with Gasteiger partial charge in [0.25, 0.3) is 5.91 Å². The van der Waals surface area contributed by atoms with Crippen molar-refractivity contribution in [2.75, 3.05) is 35.8 Å². The van der Waals surface area contributed by atoms with Gasteiger partial charge < -0.3 is 14.8 Å². The van der Waals surface area contributed by atoms with Crippen molar-refractivity contribution in [2.24, 2.45) is 0 Å². The highest BCUT2D eigenvalue weighted by Gasteiger charge is 2.26. The van der Waals surface area contributed by atoms with Crippen LogP contribution in [0.4, 0.5) is 11.4 Å². The smallest absolute Gasteiger partial charge is 0.255 e. The Balaban J connectivity index is 1.51. The number of ether oxygens (including phenoxy) is 2. The van der Waals surface area contributed by atoms with Crippen molar-refractivity contribution in [3.05, 3.63) is 71.4 Å². The summed E-state index contributed by atoms with van der Waals surface area (Å²) in [4.78, 5) is 17.1. The maximum absolute atomic E-state index is 12.7. The molecule has 1 N–H and O–H groups in total. The van der Waals surface area contributed by atoms with Crippen LogP contribution in [-0.2, 0) is 14.8 Å². The Morgan fingerprint density at radius 1 is 1.16 bits per heavy atom. The molecule has 2 aromatic carbocycles. The van der Waals surface area contributed by atoms with Crippen molar-refractivity contribution >= 4 is 38.9 Å². The molecule has 0 saturated carbocycles. The van der Waals surface area contributed by atoms with E-state index in [1.807, 2.05) is 0 Å². The normalized spacial score (nSPS) is 15.2. The molecule has 0 atom stereocenters. The summed E-state index contributed by atoms with van der Waals surface area (Å²) in [5.41, 5.74) is 2.67. The molecule has 1 aromatic heterocycles. The number of methoxy groups -OCH3 is 1. The van der Waals surface area contributed by atoms with Gasteiger partial charge >= 0.3 is 0 Å². The van der Waals surface area contributed by atoms with Crippen LogP contribution in [0.25, 0.3) is 11.3 Å². The van der Waals surface area contributed by atoms with E-state index in [1.165, 1.54) is 4.31 Å². The third-order valence-electron chi connectivity index (χ3n) is 4.92. The summed E-state index contributed by atoms with van der Waals surface area (Å²) in [5.74, 6) is 0.212. The Labute approximate surface area is 190 Å². The van der Waals surface area contributed by atoms with Gasteiger partial charge in [0.1, 0.15) is 12.5 Å². The number of aromatic nitrogens is 1. The fourth-order valence-corrected chi connectivity index (χ4v) is 4.62. The van der Waals surface area contributed by atoms with E-state index < -0.39 is 10.0 Å². The minimum Gasteiger partial charge on any atom is -0.495 e. The number of carbonyl (C=O) groups is 1. The molecule has 0 bridgehead atoms. The summed E-state index contributed by atoms with van der Waals surface area (Å²) < 4.78 is 35.9. The number of nitrogens with zero attached hydrogens (tertiary/aromatic N) is 2. The van der Waals surface area contributed by atoms with Crippen molar-refractivity contribution in [1.82, 2.24) is 4.98 Å². The average molecular weight is 474 g/mol. The summed E-state index contributed by atoms with van der Waals surface area (Å²) in [6, 6.07) is 15.0. The van der Waals surface area contributed by atoms with E-state index in [2.05, 4.69) is 10.3 Å². The monoisotopic (exact) mass is 473 g/mol. The SMILES string of the molecule is COc1ccc(-c2cc(NC(=O)c3ccc(N4COCCS4(=O)=O)cc3)ccc2Cl)nc1. The largest absolute Gasteiger partial charge is 0.495 e. The first-order valence-electron chi connectivity index (χ1n) is 9.67. The molecular weight excluding hydrogens is 454 g/mol. The van der Waals surface area contributed by atoms with Crippen LogP contribution in [0.15, 0.2) is 60.8 Å². The molecule has 32 heavy (non-hydrogen) atoms. The molecule has 1 amide bonds. The van der Waals surface area contributed by atoms with Crippen LogP contribution in [0.1, 0.15) is 10.4 Å². The van der Waals surface area contributed by atoms with Gasteiger partial charge in [-0.15, -0.1) is 0 Å². The van der Waals surface area contributed by atoms with E-state index >= 15 is 0 Å². The Morgan fingerprint density at radius 2 is 1.94 bits per heavy atom. The number of amides is 1. The van der Waals surface area contributed by atoms with Crippen LogP contribution in [0.2, 0.25) is 5.02 Å². The first-order chi connectivity index (χ1) is 15.4. The lowest BCUT2D eigenvalue weighted by Gasteiger charge is -2.28. The number of hydrogen-bond acceptors (Lipinski definition) is 6. The molecule has 166 valence electrons. The maximum Gasteiger partial charge on any atom is 0.255 e. The molecule has 0 unspecified atom stereocenters. The second-order valence-electron chi connectivity index (χ2n) is 6.98. The maximum atomic E-state index is 12.7. The van der Waals surface area contributed by atoms with Gasteiger partial charge in [0.05, 0.1) is 42.1 Å². The zero-order chi connectivity index (χ0) is 22.7. The molecule has 1 fully saturated rings. The predicted octanol–water partition coefficient (Wildman–Crippen LogP) is 3.79. The molecule has 10 heteroatoms. The average Bonchev–Trinajstić information content (AvgIpc) is 2.80. The van der Waals surface area contributed by atoms with Crippen LogP contribution < -0.4 is 14.4 Å². The van der Waals surface area contributed by atoms with E-state index in [-0.39, 0.29) is 25.0 Å². The molecular formula is C22H20ClN3O5S. The van der Waals surface area contributed by atoms with Gasteiger partial charge in [-0.05, 0) is 54.6 Å². The van der Waals surface area contributed by atoms with Gasteiger partial charge in [-0.3, -0.25) is 9.78 Å². The highest BCUT2D eigenvalue weighted by Crippen LogP contribution is 2.30. The van der Waals surface area contributed by atoms with Crippen LogP contribution >= 0.6 is 11.6 Å². The minimum atomic E-state index is -3.42. The van der Waals surface area contributed by atoms with Gasteiger partial charge in [-0.2, -0.15) is 0 Å². The van der Waals surface area contributed by atoms with E-state index in [0.717, 1.165) is 0 Å². The second-order valence-corrected chi connectivity index (χ2v) is 9.40. The van der Waals surface area contributed by atoms with Crippen LogP contribution in [0, 0.1) is 0 Å². The van der Waals surface area contributed by atoms with E-state index in [1.54, 1.807) is 67.9 Å². The summed E-state index contributed by atoms with van der Waals surface area (Å²) >= 11 is 6.32.